The van der Waals surface area contributed by atoms with Crippen molar-refractivity contribution in [2.24, 2.45) is 0 Å². The van der Waals surface area contributed by atoms with Crippen molar-refractivity contribution in [3.8, 4) is 11.1 Å². The Kier molecular flexibility index (Phi) is 3.78. The van der Waals surface area contributed by atoms with Gasteiger partial charge in [0, 0.05) is 15.6 Å². The summed E-state index contributed by atoms with van der Waals surface area (Å²) >= 11 is 14.4. The van der Waals surface area contributed by atoms with Gasteiger partial charge in [0.15, 0.2) is 10.6 Å². The molecule has 0 radical (unpaired) electrons. The Morgan fingerprint density at radius 3 is 2.38 bits per heavy atom. The molecule has 106 valence electrons. The van der Waals surface area contributed by atoms with E-state index in [1.165, 1.54) is 0 Å². The molecule has 2 aromatic rings. The number of carbonyl (C=O) groups is 2. The number of carbonyl (C=O) groups excluding carboxylic acids is 2. The number of rotatable bonds is 2. The SMILES string of the molecule is O=C1c2ccccc2-c2cc(Br)c(NC(=O)C(Cl)Cl)cc21. The molecule has 6 heteroatoms. The van der Waals surface area contributed by atoms with Crippen molar-refractivity contribution in [3.63, 3.8) is 0 Å². The van der Waals surface area contributed by atoms with Crippen LogP contribution in [-0.2, 0) is 4.79 Å². The Morgan fingerprint density at radius 2 is 1.71 bits per heavy atom. The van der Waals surface area contributed by atoms with Gasteiger partial charge in [0.05, 0.1) is 5.69 Å². The van der Waals surface area contributed by atoms with Gasteiger partial charge in [-0.2, -0.15) is 0 Å². The second-order valence-electron chi connectivity index (χ2n) is 4.54. The second-order valence-corrected chi connectivity index (χ2v) is 6.49. The first-order valence-corrected chi connectivity index (χ1v) is 7.72. The summed E-state index contributed by atoms with van der Waals surface area (Å²) in [6, 6.07) is 10.8. The van der Waals surface area contributed by atoms with Crippen molar-refractivity contribution in [1.29, 1.82) is 0 Å². The van der Waals surface area contributed by atoms with E-state index in [1.54, 1.807) is 12.1 Å². The fraction of sp³-hybridized carbons (Fsp3) is 0.0667. The summed E-state index contributed by atoms with van der Waals surface area (Å²) in [6.45, 7) is 0. The number of anilines is 1. The molecule has 0 aromatic heterocycles. The number of ketones is 1. The van der Waals surface area contributed by atoms with Gasteiger partial charge < -0.3 is 5.32 Å². The summed E-state index contributed by atoms with van der Waals surface area (Å²) in [5.74, 6) is -0.598. The Hall–Kier alpha value is -1.36. The maximum atomic E-state index is 12.4. The van der Waals surface area contributed by atoms with Crippen molar-refractivity contribution in [3.05, 3.63) is 52.0 Å². The lowest BCUT2D eigenvalue weighted by molar-refractivity contribution is -0.114. The number of benzene rings is 2. The molecule has 1 aliphatic carbocycles. The van der Waals surface area contributed by atoms with Gasteiger partial charge in [-0.1, -0.05) is 47.5 Å². The van der Waals surface area contributed by atoms with E-state index in [2.05, 4.69) is 21.2 Å². The summed E-state index contributed by atoms with van der Waals surface area (Å²) in [6.07, 6.45) is 0. The van der Waals surface area contributed by atoms with E-state index in [-0.39, 0.29) is 5.78 Å². The highest BCUT2D eigenvalue weighted by Crippen LogP contribution is 2.40. The minimum Gasteiger partial charge on any atom is -0.323 e. The molecule has 0 spiro atoms. The molecule has 0 aliphatic heterocycles. The molecular weight excluding hydrogens is 377 g/mol. The van der Waals surface area contributed by atoms with Crippen molar-refractivity contribution < 1.29 is 9.59 Å². The number of hydrogen-bond donors (Lipinski definition) is 1. The zero-order chi connectivity index (χ0) is 15.1. The van der Waals surface area contributed by atoms with Crippen molar-refractivity contribution in [2.45, 2.75) is 4.84 Å². The smallest absolute Gasteiger partial charge is 0.257 e. The Labute approximate surface area is 139 Å². The minimum atomic E-state index is -1.17. The quantitative estimate of drug-likeness (QED) is 0.665. The zero-order valence-electron chi connectivity index (χ0n) is 10.5. The zero-order valence-corrected chi connectivity index (χ0v) is 13.6. The minimum absolute atomic E-state index is 0.0584. The van der Waals surface area contributed by atoms with Crippen LogP contribution in [0.1, 0.15) is 15.9 Å². The molecule has 0 heterocycles. The van der Waals surface area contributed by atoms with Gasteiger partial charge in [0.2, 0.25) is 0 Å². The number of halogens is 3. The summed E-state index contributed by atoms with van der Waals surface area (Å²) < 4.78 is 0.660. The fourth-order valence-corrected chi connectivity index (χ4v) is 2.88. The van der Waals surface area contributed by atoms with Crippen LogP contribution in [0.4, 0.5) is 5.69 Å². The lowest BCUT2D eigenvalue weighted by atomic mass is 10.1. The van der Waals surface area contributed by atoms with Crippen LogP contribution in [0.2, 0.25) is 0 Å². The van der Waals surface area contributed by atoms with Crippen LogP contribution < -0.4 is 5.32 Å². The van der Waals surface area contributed by atoms with Gasteiger partial charge in [0.1, 0.15) is 0 Å². The highest BCUT2D eigenvalue weighted by molar-refractivity contribution is 9.10. The van der Waals surface area contributed by atoms with Crippen LogP contribution in [0.15, 0.2) is 40.9 Å². The molecular formula is C15H8BrCl2NO2. The molecule has 0 unspecified atom stereocenters. The third-order valence-corrected chi connectivity index (χ3v) is 4.32. The normalized spacial score (nSPS) is 12.3. The van der Waals surface area contributed by atoms with Gasteiger partial charge in [0.25, 0.3) is 5.91 Å². The molecule has 1 aliphatic rings. The van der Waals surface area contributed by atoms with E-state index in [1.807, 2.05) is 24.3 Å². The Bertz CT molecular complexity index is 774. The topological polar surface area (TPSA) is 46.2 Å². The lowest BCUT2D eigenvalue weighted by Crippen LogP contribution is -2.19. The van der Waals surface area contributed by atoms with Crippen molar-refractivity contribution in [1.82, 2.24) is 0 Å². The lowest BCUT2D eigenvalue weighted by Gasteiger charge is -2.10. The largest absolute Gasteiger partial charge is 0.323 e. The summed E-state index contributed by atoms with van der Waals surface area (Å²) in [5, 5.41) is 2.58. The van der Waals surface area contributed by atoms with Crippen LogP contribution in [-0.4, -0.2) is 16.5 Å². The molecule has 3 rings (SSSR count). The predicted molar refractivity (Wildman–Crippen MR) is 87.1 cm³/mol. The molecule has 0 saturated heterocycles. The first-order chi connectivity index (χ1) is 9.99. The summed E-state index contributed by atoms with van der Waals surface area (Å²) in [5.41, 5.74) is 3.41. The fourth-order valence-electron chi connectivity index (χ4n) is 2.33. The molecule has 1 N–H and O–H groups in total. The third-order valence-electron chi connectivity index (χ3n) is 3.27. The molecule has 0 saturated carbocycles. The van der Waals surface area contributed by atoms with Crippen LogP contribution in [0.25, 0.3) is 11.1 Å². The summed E-state index contributed by atoms with van der Waals surface area (Å²) in [7, 11) is 0. The molecule has 0 fully saturated rings. The van der Waals surface area contributed by atoms with Crippen LogP contribution in [0.5, 0.6) is 0 Å². The van der Waals surface area contributed by atoms with Gasteiger partial charge in [-0.15, -0.1) is 0 Å². The van der Waals surface area contributed by atoms with E-state index in [0.29, 0.717) is 21.3 Å². The molecule has 3 nitrogen and oxygen atoms in total. The summed E-state index contributed by atoms with van der Waals surface area (Å²) in [4.78, 5) is 22.8. The third kappa shape index (κ3) is 2.48. The van der Waals surface area contributed by atoms with Crippen LogP contribution in [0, 0.1) is 0 Å². The van der Waals surface area contributed by atoms with Gasteiger partial charge >= 0.3 is 0 Å². The molecule has 2 aromatic carbocycles. The average Bonchev–Trinajstić information content (AvgIpc) is 2.73. The van der Waals surface area contributed by atoms with E-state index in [0.717, 1.165) is 11.1 Å². The van der Waals surface area contributed by atoms with Crippen LogP contribution in [0.3, 0.4) is 0 Å². The van der Waals surface area contributed by atoms with E-state index < -0.39 is 10.7 Å². The number of alkyl halides is 2. The number of nitrogens with one attached hydrogen (secondary N) is 1. The van der Waals surface area contributed by atoms with E-state index in [4.69, 9.17) is 23.2 Å². The van der Waals surface area contributed by atoms with Crippen molar-refractivity contribution in [2.75, 3.05) is 5.32 Å². The van der Waals surface area contributed by atoms with E-state index in [9.17, 15) is 9.59 Å². The highest BCUT2D eigenvalue weighted by Gasteiger charge is 2.27. The first kappa shape index (κ1) is 14.6. The number of amides is 1. The average molecular weight is 385 g/mol. The number of hydrogen-bond acceptors (Lipinski definition) is 2. The first-order valence-electron chi connectivity index (χ1n) is 6.05. The number of fused-ring (bicyclic) bond motifs is 3. The standard InChI is InChI=1S/C15H8BrCl2NO2/c16-11-5-9-7-3-1-2-4-8(7)13(20)10(9)6-12(11)19-15(21)14(17)18/h1-6,14H,(H,19,21). The maximum absolute atomic E-state index is 12.4. The van der Waals surface area contributed by atoms with Crippen molar-refractivity contribution >= 4 is 56.5 Å². The van der Waals surface area contributed by atoms with E-state index >= 15 is 0 Å². The Balaban J connectivity index is 2.08. The molecule has 0 bridgehead atoms. The monoisotopic (exact) mass is 383 g/mol. The predicted octanol–water partition coefficient (Wildman–Crippen LogP) is 4.40. The Morgan fingerprint density at radius 1 is 1.05 bits per heavy atom. The molecule has 21 heavy (non-hydrogen) atoms. The van der Waals surface area contributed by atoms with Gasteiger partial charge in [-0.3, -0.25) is 9.59 Å². The second kappa shape index (κ2) is 5.44. The molecule has 1 amide bonds. The van der Waals surface area contributed by atoms with Gasteiger partial charge in [-0.25, -0.2) is 0 Å². The highest BCUT2D eigenvalue weighted by atomic mass is 79.9. The van der Waals surface area contributed by atoms with Crippen LogP contribution >= 0.6 is 39.1 Å². The maximum Gasteiger partial charge on any atom is 0.257 e. The van der Waals surface area contributed by atoms with Gasteiger partial charge in [-0.05, 0) is 39.2 Å². The molecule has 0 atom stereocenters.